The van der Waals surface area contributed by atoms with Gasteiger partial charge in [0.1, 0.15) is 5.58 Å². The van der Waals surface area contributed by atoms with Crippen molar-refractivity contribution in [3.8, 4) is 0 Å². The summed E-state index contributed by atoms with van der Waals surface area (Å²) in [5, 5.41) is 21.0. The number of hydrogen-bond acceptors (Lipinski definition) is 6. The highest BCUT2D eigenvalue weighted by atomic mass is 16.5. The summed E-state index contributed by atoms with van der Waals surface area (Å²) in [7, 11) is 0. The lowest BCUT2D eigenvalue weighted by Gasteiger charge is -2.48. The van der Waals surface area contributed by atoms with Crippen molar-refractivity contribution >= 4 is 11.0 Å². The third kappa shape index (κ3) is 3.74. The normalized spacial score (nSPS) is 25.4. The van der Waals surface area contributed by atoms with Gasteiger partial charge in [-0.2, -0.15) is 0 Å². The largest absolute Gasteiger partial charge is 0.423 e. The molecule has 1 atom stereocenters. The van der Waals surface area contributed by atoms with Gasteiger partial charge < -0.3 is 19.4 Å². The first-order chi connectivity index (χ1) is 13.3. The van der Waals surface area contributed by atoms with Crippen LogP contribution in [0.25, 0.3) is 11.0 Å². The van der Waals surface area contributed by atoms with Crippen LogP contribution in [0.5, 0.6) is 0 Å². The molecule has 28 heavy (non-hydrogen) atoms. The Morgan fingerprint density at radius 1 is 1.11 bits per heavy atom. The van der Waals surface area contributed by atoms with Crippen molar-refractivity contribution < 1.29 is 19.4 Å². The van der Waals surface area contributed by atoms with E-state index in [1.165, 1.54) is 5.56 Å². The van der Waals surface area contributed by atoms with E-state index in [1.54, 1.807) is 6.07 Å². The molecule has 0 radical (unpaired) electrons. The van der Waals surface area contributed by atoms with Crippen molar-refractivity contribution in [3.63, 3.8) is 0 Å². The fourth-order valence-corrected chi connectivity index (χ4v) is 4.63. The highest BCUT2D eigenvalue weighted by Crippen LogP contribution is 2.39. The first kappa shape index (κ1) is 19.6. The van der Waals surface area contributed by atoms with E-state index in [0.29, 0.717) is 31.6 Å². The monoisotopic (exact) mass is 387 g/mol. The first-order valence-corrected chi connectivity index (χ1v) is 10.1. The van der Waals surface area contributed by atoms with E-state index in [0.717, 1.165) is 42.4 Å². The Morgan fingerprint density at radius 3 is 2.54 bits per heavy atom. The summed E-state index contributed by atoms with van der Waals surface area (Å²) in [6, 6.07) is 5.63. The molecule has 1 unspecified atom stereocenters. The molecule has 2 N–H and O–H groups in total. The van der Waals surface area contributed by atoms with Gasteiger partial charge in [0.25, 0.3) is 0 Å². The van der Waals surface area contributed by atoms with Crippen molar-refractivity contribution in [2.45, 2.75) is 57.3 Å². The predicted molar refractivity (Wildman–Crippen MR) is 106 cm³/mol. The first-order valence-electron chi connectivity index (χ1n) is 10.1. The molecule has 0 aliphatic carbocycles. The number of benzene rings is 1. The number of likely N-dealkylation sites (tertiary alicyclic amines) is 1. The van der Waals surface area contributed by atoms with E-state index in [4.69, 9.17) is 9.15 Å². The molecule has 3 heterocycles. The molecule has 1 aromatic heterocycles. The zero-order valence-corrected chi connectivity index (χ0v) is 16.7. The maximum atomic E-state index is 12.0. The molecule has 1 spiro atoms. The van der Waals surface area contributed by atoms with Gasteiger partial charge in [0, 0.05) is 43.9 Å². The van der Waals surface area contributed by atoms with Crippen molar-refractivity contribution in [3.05, 3.63) is 45.3 Å². The zero-order chi connectivity index (χ0) is 19.9. The molecule has 6 heteroatoms. The third-order valence-corrected chi connectivity index (χ3v) is 6.53. The number of piperidine rings is 1. The molecule has 152 valence electrons. The molecule has 0 saturated carbocycles. The topological polar surface area (TPSA) is 83.1 Å². The Morgan fingerprint density at radius 2 is 1.82 bits per heavy atom. The number of nitrogens with zero attached hydrogens (tertiary/aromatic N) is 1. The van der Waals surface area contributed by atoms with Crippen LogP contribution in [-0.2, 0) is 11.3 Å². The van der Waals surface area contributed by atoms with Crippen molar-refractivity contribution in [1.29, 1.82) is 0 Å². The van der Waals surface area contributed by atoms with E-state index in [9.17, 15) is 15.0 Å². The minimum atomic E-state index is -1.02. The van der Waals surface area contributed by atoms with Crippen LogP contribution in [0.1, 0.15) is 42.4 Å². The van der Waals surface area contributed by atoms with Gasteiger partial charge in [-0.1, -0.05) is 0 Å². The zero-order valence-electron chi connectivity index (χ0n) is 16.7. The maximum absolute atomic E-state index is 12.0. The highest BCUT2D eigenvalue weighted by molar-refractivity contribution is 5.81. The molecular formula is C22H29NO5. The summed E-state index contributed by atoms with van der Waals surface area (Å²) in [6.07, 6.45) is 2.60. The van der Waals surface area contributed by atoms with Crippen LogP contribution in [0, 0.1) is 13.8 Å². The SMILES string of the molecule is Cc1cc2oc(=O)cc(CN3CCC4(CC3)CC(O)(CO)CCO4)c2cc1C. The molecule has 2 aliphatic rings. The number of fused-ring (bicyclic) bond motifs is 1. The third-order valence-electron chi connectivity index (χ3n) is 6.53. The molecule has 2 fully saturated rings. The van der Waals surface area contributed by atoms with Crippen LogP contribution < -0.4 is 5.63 Å². The minimum absolute atomic E-state index is 0.216. The Bertz CT molecular complexity index is 928. The van der Waals surface area contributed by atoms with Crippen molar-refractivity contribution in [2.24, 2.45) is 0 Å². The summed E-state index contributed by atoms with van der Waals surface area (Å²) >= 11 is 0. The fraction of sp³-hybridized carbons (Fsp3) is 0.591. The van der Waals surface area contributed by atoms with Crippen LogP contribution in [0.4, 0.5) is 0 Å². The summed E-state index contributed by atoms with van der Waals surface area (Å²) in [6.45, 7) is 6.69. The molecule has 0 bridgehead atoms. The van der Waals surface area contributed by atoms with Gasteiger partial charge in [0.15, 0.2) is 0 Å². The molecule has 2 aromatic rings. The Kier molecular flexibility index (Phi) is 5.08. The fourth-order valence-electron chi connectivity index (χ4n) is 4.63. The molecule has 2 aliphatic heterocycles. The number of hydrogen-bond donors (Lipinski definition) is 2. The van der Waals surface area contributed by atoms with E-state index in [1.807, 2.05) is 13.0 Å². The predicted octanol–water partition coefficient (Wildman–Crippen LogP) is 2.28. The van der Waals surface area contributed by atoms with Gasteiger partial charge in [-0.25, -0.2) is 4.79 Å². The molecule has 6 nitrogen and oxygen atoms in total. The number of rotatable bonds is 3. The average molecular weight is 387 g/mol. The van der Waals surface area contributed by atoms with Crippen LogP contribution in [-0.4, -0.2) is 52.6 Å². The summed E-state index contributed by atoms with van der Waals surface area (Å²) in [5.74, 6) is 0. The van der Waals surface area contributed by atoms with Crippen LogP contribution in [0.2, 0.25) is 0 Å². The van der Waals surface area contributed by atoms with Crippen LogP contribution in [0.3, 0.4) is 0 Å². The van der Waals surface area contributed by atoms with Gasteiger partial charge in [-0.05, 0) is 55.5 Å². The summed E-state index contributed by atoms with van der Waals surface area (Å²) in [4.78, 5) is 14.4. The van der Waals surface area contributed by atoms with Gasteiger partial charge in [-0.15, -0.1) is 0 Å². The molecule has 2 saturated heterocycles. The van der Waals surface area contributed by atoms with Crippen molar-refractivity contribution in [1.82, 2.24) is 4.90 Å². The lowest BCUT2D eigenvalue weighted by molar-refractivity contribution is -0.189. The number of aliphatic hydroxyl groups is 2. The van der Waals surface area contributed by atoms with Gasteiger partial charge in [0.05, 0.1) is 24.4 Å². The van der Waals surface area contributed by atoms with Gasteiger partial charge in [-0.3, -0.25) is 4.90 Å². The summed E-state index contributed by atoms with van der Waals surface area (Å²) in [5.41, 5.74) is 2.23. The second-order valence-corrected chi connectivity index (χ2v) is 8.64. The average Bonchev–Trinajstić information content (AvgIpc) is 2.65. The Labute approximate surface area is 164 Å². The van der Waals surface area contributed by atoms with E-state index >= 15 is 0 Å². The smallest absolute Gasteiger partial charge is 0.336 e. The lowest BCUT2D eigenvalue weighted by Crippen LogP contribution is -2.55. The van der Waals surface area contributed by atoms with Gasteiger partial charge >= 0.3 is 5.63 Å². The standard InChI is InChI=1S/C22H29NO5/c1-15-9-18-17(11-20(25)28-19(18)10-16(15)2)12-23-6-3-22(4-7-23)13-21(26,14-24)5-8-27-22/h9-11,24,26H,3-8,12-14H2,1-2H3. The molecule has 4 rings (SSSR count). The number of ether oxygens (including phenoxy) is 1. The quantitative estimate of drug-likeness (QED) is 0.787. The van der Waals surface area contributed by atoms with Gasteiger partial charge in [0.2, 0.25) is 0 Å². The second-order valence-electron chi connectivity index (χ2n) is 8.64. The van der Waals surface area contributed by atoms with Crippen molar-refractivity contribution in [2.75, 3.05) is 26.3 Å². The molecule has 1 aromatic carbocycles. The summed E-state index contributed by atoms with van der Waals surface area (Å²) < 4.78 is 11.5. The van der Waals surface area contributed by atoms with E-state index in [-0.39, 0.29) is 17.8 Å². The van der Waals surface area contributed by atoms with E-state index in [2.05, 4.69) is 17.9 Å². The molecular weight excluding hydrogens is 358 g/mol. The maximum Gasteiger partial charge on any atom is 0.336 e. The second kappa shape index (κ2) is 7.26. The van der Waals surface area contributed by atoms with E-state index < -0.39 is 5.60 Å². The number of aliphatic hydroxyl groups excluding tert-OH is 1. The lowest BCUT2D eigenvalue weighted by atomic mass is 9.77. The number of aryl methyl sites for hydroxylation is 2. The molecule has 0 amide bonds. The van der Waals surface area contributed by atoms with Crippen LogP contribution >= 0.6 is 0 Å². The minimum Gasteiger partial charge on any atom is -0.423 e. The highest BCUT2D eigenvalue weighted by Gasteiger charge is 2.46. The Hall–Kier alpha value is -1.73. The Balaban J connectivity index is 1.51. The van der Waals surface area contributed by atoms with Crippen LogP contribution in [0.15, 0.2) is 27.4 Å².